The molecule has 0 radical (unpaired) electrons. The first-order valence-electron chi connectivity index (χ1n) is 6.14. The highest BCUT2D eigenvalue weighted by Gasteiger charge is 2.38. The first-order chi connectivity index (χ1) is 7.36. The van der Waals surface area contributed by atoms with Gasteiger partial charge < -0.3 is 4.42 Å². The number of piperidine rings is 1. The number of furan rings is 1. The van der Waals surface area contributed by atoms with E-state index in [2.05, 4.69) is 17.9 Å². The Bertz CT molecular complexity index is 319. The van der Waals surface area contributed by atoms with Gasteiger partial charge in [-0.3, -0.25) is 4.90 Å². The summed E-state index contributed by atoms with van der Waals surface area (Å²) < 4.78 is 5.22. The van der Waals surface area contributed by atoms with Gasteiger partial charge in [-0.25, -0.2) is 0 Å². The standard InChI is InChI=1S/C13H19NO/c1-10-4-5-13(11-6-8-15-9-11)14-7-2-3-12(10)14/h6,8-10,12-13H,2-5,7H2,1H3/t10-,12+,13+/m1/s1. The van der Waals surface area contributed by atoms with E-state index in [-0.39, 0.29) is 0 Å². The van der Waals surface area contributed by atoms with Crippen LogP contribution < -0.4 is 0 Å². The van der Waals surface area contributed by atoms with Gasteiger partial charge in [-0.1, -0.05) is 6.92 Å². The molecule has 0 spiro atoms. The Morgan fingerprint density at radius 3 is 3.07 bits per heavy atom. The molecule has 2 fully saturated rings. The van der Waals surface area contributed by atoms with E-state index in [1.54, 1.807) is 6.26 Å². The van der Waals surface area contributed by atoms with Crippen LogP contribution in [-0.2, 0) is 0 Å². The van der Waals surface area contributed by atoms with E-state index in [9.17, 15) is 0 Å². The Kier molecular flexibility index (Phi) is 2.32. The summed E-state index contributed by atoms with van der Waals surface area (Å²) in [6.45, 7) is 3.69. The lowest BCUT2D eigenvalue weighted by Gasteiger charge is -2.41. The monoisotopic (exact) mass is 205 g/mol. The van der Waals surface area contributed by atoms with Gasteiger partial charge in [0.2, 0.25) is 0 Å². The summed E-state index contributed by atoms with van der Waals surface area (Å²) in [6, 6.07) is 3.60. The topological polar surface area (TPSA) is 16.4 Å². The second-order valence-electron chi connectivity index (χ2n) is 5.07. The third kappa shape index (κ3) is 1.51. The Morgan fingerprint density at radius 1 is 1.33 bits per heavy atom. The zero-order valence-electron chi connectivity index (χ0n) is 9.36. The van der Waals surface area contributed by atoms with Crippen LogP contribution in [0.3, 0.4) is 0 Å². The molecule has 0 bridgehead atoms. The minimum Gasteiger partial charge on any atom is -0.472 e. The molecule has 0 N–H and O–H groups in total. The maximum atomic E-state index is 5.22. The van der Waals surface area contributed by atoms with E-state index in [0.717, 1.165) is 12.0 Å². The highest BCUT2D eigenvalue weighted by atomic mass is 16.3. The minimum absolute atomic E-state index is 0.632. The van der Waals surface area contributed by atoms with Gasteiger partial charge in [-0.05, 0) is 44.2 Å². The predicted octanol–water partition coefficient (Wildman–Crippen LogP) is 3.22. The molecule has 2 aliphatic rings. The summed E-state index contributed by atoms with van der Waals surface area (Å²) in [5.41, 5.74) is 1.38. The smallest absolute Gasteiger partial charge is 0.0950 e. The molecule has 15 heavy (non-hydrogen) atoms. The maximum absolute atomic E-state index is 5.22. The highest BCUT2D eigenvalue weighted by Crippen LogP contribution is 2.41. The molecule has 2 aliphatic heterocycles. The van der Waals surface area contributed by atoms with Gasteiger partial charge in [-0.15, -0.1) is 0 Å². The molecule has 2 nitrogen and oxygen atoms in total. The van der Waals surface area contributed by atoms with Crippen molar-refractivity contribution in [2.75, 3.05) is 6.54 Å². The van der Waals surface area contributed by atoms with Gasteiger partial charge in [0.05, 0.1) is 12.5 Å². The van der Waals surface area contributed by atoms with Crippen LogP contribution in [0.4, 0.5) is 0 Å². The normalized spacial score (nSPS) is 36.7. The van der Waals surface area contributed by atoms with Crippen molar-refractivity contribution in [1.82, 2.24) is 4.90 Å². The molecule has 2 heteroatoms. The van der Waals surface area contributed by atoms with Gasteiger partial charge in [0.25, 0.3) is 0 Å². The summed E-state index contributed by atoms with van der Waals surface area (Å²) in [5, 5.41) is 0. The zero-order valence-corrected chi connectivity index (χ0v) is 9.36. The molecule has 0 aliphatic carbocycles. The van der Waals surface area contributed by atoms with Crippen LogP contribution in [-0.4, -0.2) is 17.5 Å². The molecule has 3 rings (SSSR count). The quantitative estimate of drug-likeness (QED) is 0.700. The molecule has 0 amide bonds. The Balaban J connectivity index is 1.85. The summed E-state index contributed by atoms with van der Waals surface area (Å²) in [6.07, 6.45) is 9.18. The van der Waals surface area contributed by atoms with Crippen molar-refractivity contribution in [3.63, 3.8) is 0 Å². The largest absolute Gasteiger partial charge is 0.472 e. The van der Waals surface area contributed by atoms with E-state index in [0.29, 0.717) is 6.04 Å². The molecule has 3 atom stereocenters. The SMILES string of the molecule is C[C@@H]1CC[C@@H](c2ccoc2)N2CCC[C@@H]12. The molecule has 0 aromatic carbocycles. The van der Waals surface area contributed by atoms with Crippen molar-refractivity contribution in [2.24, 2.45) is 5.92 Å². The van der Waals surface area contributed by atoms with Crippen LogP contribution in [0.5, 0.6) is 0 Å². The van der Waals surface area contributed by atoms with Gasteiger partial charge >= 0.3 is 0 Å². The fraction of sp³-hybridized carbons (Fsp3) is 0.692. The lowest BCUT2D eigenvalue weighted by atomic mass is 9.85. The van der Waals surface area contributed by atoms with Crippen molar-refractivity contribution in [2.45, 2.75) is 44.7 Å². The summed E-state index contributed by atoms with van der Waals surface area (Å²) in [7, 11) is 0. The second kappa shape index (κ2) is 3.67. The van der Waals surface area contributed by atoms with Gasteiger partial charge in [0.15, 0.2) is 0 Å². The maximum Gasteiger partial charge on any atom is 0.0950 e. The lowest BCUT2D eigenvalue weighted by molar-refractivity contribution is 0.0812. The average molecular weight is 205 g/mol. The highest BCUT2D eigenvalue weighted by molar-refractivity contribution is 5.14. The Morgan fingerprint density at radius 2 is 2.27 bits per heavy atom. The number of fused-ring (bicyclic) bond motifs is 1. The number of hydrogen-bond acceptors (Lipinski definition) is 2. The van der Waals surface area contributed by atoms with E-state index < -0.39 is 0 Å². The first-order valence-corrected chi connectivity index (χ1v) is 6.14. The Labute approximate surface area is 91.3 Å². The van der Waals surface area contributed by atoms with Crippen molar-refractivity contribution in [1.29, 1.82) is 0 Å². The Hall–Kier alpha value is -0.760. The van der Waals surface area contributed by atoms with Crippen LogP contribution in [0, 0.1) is 5.92 Å². The third-order valence-corrected chi connectivity index (χ3v) is 4.22. The molecule has 2 saturated heterocycles. The van der Waals surface area contributed by atoms with Gasteiger partial charge in [0, 0.05) is 17.6 Å². The zero-order chi connectivity index (χ0) is 10.3. The molecule has 0 unspecified atom stereocenters. The first kappa shape index (κ1) is 9.46. The summed E-state index contributed by atoms with van der Waals surface area (Å²) in [5.74, 6) is 0.885. The lowest BCUT2D eigenvalue weighted by Crippen LogP contribution is -2.41. The van der Waals surface area contributed by atoms with Crippen LogP contribution in [0.15, 0.2) is 23.0 Å². The second-order valence-corrected chi connectivity index (χ2v) is 5.07. The number of rotatable bonds is 1. The molecule has 82 valence electrons. The van der Waals surface area contributed by atoms with E-state index in [4.69, 9.17) is 4.42 Å². The minimum atomic E-state index is 0.632. The van der Waals surface area contributed by atoms with E-state index >= 15 is 0 Å². The van der Waals surface area contributed by atoms with Crippen LogP contribution in [0.25, 0.3) is 0 Å². The molecule has 1 aromatic rings. The van der Waals surface area contributed by atoms with E-state index in [1.807, 2.05) is 6.26 Å². The summed E-state index contributed by atoms with van der Waals surface area (Å²) >= 11 is 0. The summed E-state index contributed by atoms with van der Waals surface area (Å²) in [4.78, 5) is 2.71. The fourth-order valence-electron chi connectivity index (χ4n) is 3.41. The van der Waals surface area contributed by atoms with Crippen LogP contribution in [0.1, 0.15) is 44.2 Å². The van der Waals surface area contributed by atoms with Crippen molar-refractivity contribution < 1.29 is 4.42 Å². The molecule has 0 saturated carbocycles. The fourth-order valence-corrected chi connectivity index (χ4v) is 3.41. The van der Waals surface area contributed by atoms with Crippen molar-refractivity contribution >= 4 is 0 Å². The van der Waals surface area contributed by atoms with Gasteiger partial charge in [-0.2, -0.15) is 0 Å². The van der Waals surface area contributed by atoms with E-state index in [1.165, 1.54) is 37.8 Å². The average Bonchev–Trinajstić information content (AvgIpc) is 2.88. The number of nitrogens with zero attached hydrogens (tertiary/aromatic N) is 1. The predicted molar refractivity (Wildman–Crippen MR) is 59.6 cm³/mol. The molecule has 3 heterocycles. The molecular formula is C13H19NO. The van der Waals surface area contributed by atoms with Crippen molar-refractivity contribution in [3.8, 4) is 0 Å². The van der Waals surface area contributed by atoms with Crippen LogP contribution >= 0.6 is 0 Å². The number of hydrogen-bond donors (Lipinski definition) is 0. The third-order valence-electron chi connectivity index (χ3n) is 4.22. The van der Waals surface area contributed by atoms with Gasteiger partial charge in [0.1, 0.15) is 0 Å². The molecular weight excluding hydrogens is 186 g/mol. The molecule has 1 aromatic heterocycles. The van der Waals surface area contributed by atoms with Crippen molar-refractivity contribution in [3.05, 3.63) is 24.2 Å². The van der Waals surface area contributed by atoms with Crippen LogP contribution in [0.2, 0.25) is 0 Å².